The van der Waals surface area contributed by atoms with E-state index < -0.39 is 35.9 Å². The first-order valence-corrected chi connectivity index (χ1v) is 10.2. The topological polar surface area (TPSA) is 41.1 Å². The number of hydrogen-bond donors (Lipinski definition) is 2. The molecule has 3 nitrogen and oxygen atoms in total. The average Bonchev–Trinajstić information content (AvgIpc) is 2.62. The fraction of sp³-hybridized carbons (Fsp3) is 0.667. The fourth-order valence-electron chi connectivity index (χ4n) is 6.21. The normalized spacial score (nSPS) is 31.1. The van der Waals surface area contributed by atoms with Crippen molar-refractivity contribution in [3.05, 3.63) is 35.9 Å². The molecule has 30 heavy (non-hydrogen) atoms. The van der Waals surface area contributed by atoms with E-state index >= 15 is 0 Å². The lowest BCUT2D eigenvalue weighted by molar-refractivity contribution is -0.316. The molecule has 5 rings (SSSR count). The predicted octanol–water partition coefficient (Wildman–Crippen LogP) is 5.04. The van der Waals surface area contributed by atoms with Gasteiger partial charge in [-0.2, -0.15) is 26.3 Å². The lowest BCUT2D eigenvalue weighted by Gasteiger charge is -2.57. The van der Waals surface area contributed by atoms with E-state index in [0.717, 1.165) is 19.3 Å². The molecular weight excluding hydrogens is 410 g/mol. The summed E-state index contributed by atoms with van der Waals surface area (Å²) in [6.07, 6.45) is -6.54. The molecule has 9 heteroatoms. The van der Waals surface area contributed by atoms with Crippen molar-refractivity contribution in [3.63, 3.8) is 0 Å². The second kappa shape index (κ2) is 7.14. The molecule has 1 amide bonds. The molecule has 0 aliphatic heterocycles. The lowest BCUT2D eigenvalue weighted by Crippen LogP contribution is -2.76. The molecule has 4 aliphatic rings. The molecular formula is C21H24F6N2O. The zero-order chi connectivity index (χ0) is 21.8. The molecule has 2 N–H and O–H groups in total. The number of benzene rings is 1. The van der Waals surface area contributed by atoms with Crippen LogP contribution in [0, 0.1) is 23.2 Å². The number of halogens is 6. The molecule has 1 aromatic carbocycles. The monoisotopic (exact) mass is 434 g/mol. The van der Waals surface area contributed by atoms with Crippen LogP contribution in [0.3, 0.4) is 0 Å². The highest BCUT2D eigenvalue weighted by atomic mass is 19.4. The fourth-order valence-corrected chi connectivity index (χ4v) is 6.21. The third-order valence-corrected chi connectivity index (χ3v) is 7.08. The van der Waals surface area contributed by atoms with Crippen molar-refractivity contribution in [3.8, 4) is 0 Å². The standard InChI is InChI=1S/C21H24F6N2O/c22-20(23,24)19(21(25,26)27,29-17(30)16-4-2-1-3-5-16)28-12-18-9-13-6-14(10-18)8-15(7-13)11-18/h1-5,13-15,28H,6-12H2,(H,29,30). The Morgan fingerprint density at radius 2 is 1.33 bits per heavy atom. The maximum atomic E-state index is 13.9. The smallest absolute Gasteiger partial charge is 0.319 e. The average molecular weight is 434 g/mol. The minimum absolute atomic E-state index is 0.271. The van der Waals surface area contributed by atoms with Gasteiger partial charge in [0.15, 0.2) is 0 Å². The molecule has 166 valence electrons. The first-order chi connectivity index (χ1) is 13.9. The molecule has 0 atom stereocenters. The van der Waals surface area contributed by atoms with Crippen molar-refractivity contribution in [1.82, 2.24) is 10.6 Å². The summed E-state index contributed by atoms with van der Waals surface area (Å²) in [5.74, 6) is -0.294. The molecule has 0 spiro atoms. The molecule has 1 aromatic rings. The van der Waals surface area contributed by atoms with Gasteiger partial charge in [0.2, 0.25) is 0 Å². The molecule has 4 bridgehead atoms. The van der Waals surface area contributed by atoms with Gasteiger partial charge in [0, 0.05) is 12.1 Å². The minimum atomic E-state index is -5.77. The van der Waals surface area contributed by atoms with Gasteiger partial charge in [0.05, 0.1) is 0 Å². The third kappa shape index (κ3) is 3.69. The van der Waals surface area contributed by atoms with E-state index in [0.29, 0.717) is 37.0 Å². The summed E-state index contributed by atoms with van der Waals surface area (Å²) in [4.78, 5) is 12.3. The first kappa shape index (κ1) is 21.5. The second-order valence-electron chi connectivity index (χ2n) is 9.34. The summed E-state index contributed by atoms with van der Waals surface area (Å²) in [5.41, 5.74) is -5.35. The van der Waals surface area contributed by atoms with Gasteiger partial charge in [-0.3, -0.25) is 10.1 Å². The van der Waals surface area contributed by atoms with E-state index in [1.165, 1.54) is 35.6 Å². The van der Waals surface area contributed by atoms with Gasteiger partial charge in [-0.05, 0) is 73.8 Å². The highest BCUT2D eigenvalue weighted by Crippen LogP contribution is 2.60. The van der Waals surface area contributed by atoms with Crippen LogP contribution < -0.4 is 10.6 Å². The predicted molar refractivity (Wildman–Crippen MR) is 97.4 cm³/mol. The van der Waals surface area contributed by atoms with Crippen LogP contribution in [-0.2, 0) is 0 Å². The summed E-state index contributed by atoms with van der Waals surface area (Å²) < 4.78 is 83.5. The molecule has 0 saturated heterocycles. The van der Waals surface area contributed by atoms with Crippen LogP contribution in [0.4, 0.5) is 26.3 Å². The third-order valence-electron chi connectivity index (χ3n) is 7.08. The quantitative estimate of drug-likeness (QED) is 0.504. The van der Waals surface area contributed by atoms with Crippen LogP contribution in [-0.4, -0.2) is 30.5 Å². The number of alkyl halides is 6. The van der Waals surface area contributed by atoms with Gasteiger partial charge in [-0.1, -0.05) is 18.2 Å². The van der Waals surface area contributed by atoms with Crippen LogP contribution in [0.1, 0.15) is 48.9 Å². The van der Waals surface area contributed by atoms with Crippen LogP contribution >= 0.6 is 0 Å². The number of nitrogens with one attached hydrogen (secondary N) is 2. The maximum Gasteiger partial charge on any atom is 0.434 e. The van der Waals surface area contributed by atoms with Crippen LogP contribution in [0.5, 0.6) is 0 Å². The van der Waals surface area contributed by atoms with Crippen molar-refractivity contribution in [2.24, 2.45) is 23.2 Å². The lowest BCUT2D eigenvalue weighted by atomic mass is 9.49. The zero-order valence-electron chi connectivity index (χ0n) is 16.2. The van der Waals surface area contributed by atoms with Gasteiger partial charge in [-0.15, -0.1) is 0 Å². The molecule has 4 aliphatic carbocycles. The highest BCUT2D eigenvalue weighted by Gasteiger charge is 2.72. The van der Waals surface area contributed by atoms with E-state index in [2.05, 4.69) is 0 Å². The van der Waals surface area contributed by atoms with Crippen molar-refractivity contribution in [2.45, 2.75) is 56.5 Å². The van der Waals surface area contributed by atoms with Gasteiger partial charge in [0.25, 0.3) is 11.6 Å². The highest BCUT2D eigenvalue weighted by molar-refractivity contribution is 5.94. The number of hydrogen-bond acceptors (Lipinski definition) is 2. The molecule has 0 aromatic heterocycles. The van der Waals surface area contributed by atoms with Crippen LogP contribution in [0.25, 0.3) is 0 Å². The number of amides is 1. The summed E-state index contributed by atoms with van der Waals surface area (Å²) in [6.45, 7) is -0.426. The summed E-state index contributed by atoms with van der Waals surface area (Å²) >= 11 is 0. The van der Waals surface area contributed by atoms with Gasteiger partial charge >= 0.3 is 12.4 Å². The van der Waals surface area contributed by atoms with Gasteiger partial charge in [0.1, 0.15) is 0 Å². The Bertz CT molecular complexity index is 740. The van der Waals surface area contributed by atoms with E-state index in [4.69, 9.17) is 0 Å². The van der Waals surface area contributed by atoms with Crippen LogP contribution in [0.15, 0.2) is 30.3 Å². The van der Waals surface area contributed by atoms with E-state index in [1.807, 2.05) is 0 Å². The Morgan fingerprint density at radius 3 is 1.77 bits per heavy atom. The SMILES string of the molecule is O=C(NC(NCC12CC3CC(CC(C3)C1)C2)(C(F)(F)F)C(F)(F)F)c1ccccc1. The van der Waals surface area contributed by atoms with E-state index in [1.54, 1.807) is 5.32 Å². The number of rotatable bonds is 5. The largest absolute Gasteiger partial charge is 0.434 e. The summed E-state index contributed by atoms with van der Waals surface area (Å²) in [7, 11) is 0. The minimum Gasteiger partial charge on any atom is -0.319 e. The van der Waals surface area contributed by atoms with Crippen molar-refractivity contribution < 1.29 is 31.1 Å². The Kier molecular flexibility index (Phi) is 5.11. The van der Waals surface area contributed by atoms with Crippen molar-refractivity contribution >= 4 is 5.91 Å². The molecule has 4 fully saturated rings. The Balaban J connectivity index is 1.61. The van der Waals surface area contributed by atoms with E-state index in [-0.39, 0.29) is 5.56 Å². The summed E-state index contributed by atoms with van der Waals surface area (Å²) in [6, 6.07) is 6.61. The second-order valence-corrected chi connectivity index (χ2v) is 9.34. The molecule has 0 unspecified atom stereocenters. The summed E-state index contributed by atoms with van der Waals surface area (Å²) in [5, 5.41) is 3.05. The Morgan fingerprint density at radius 1 is 0.867 bits per heavy atom. The first-order valence-electron chi connectivity index (χ1n) is 10.2. The van der Waals surface area contributed by atoms with Crippen molar-refractivity contribution in [1.29, 1.82) is 0 Å². The number of carbonyl (C=O) groups is 1. The molecule has 4 saturated carbocycles. The molecule has 0 radical (unpaired) electrons. The van der Waals surface area contributed by atoms with Crippen LogP contribution in [0.2, 0.25) is 0 Å². The zero-order valence-corrected chi connectivity index (χ0v) is 16.2. The molecule has 0 heterocycles. The number of carbonyl (C=O) groups excluding carboxylic acids is 1. The van der Waals surface area contributed by atoms with Gasteiger partial charge < -0.3 is 5.32 Å². The Hall–Kier alpha value is -1.77. The Labute approximate surface area is 170 Å². The van der Waals surface area contributed by atoms with Crippen molar-refractivity contribution in [2.75, 3.05) is 6.54 Å². The maximum absolute atomic E-state index is 13.9. The van der Waals surface area contributed by atoms with Gasteiger partial charge in [-0.25, -0.2) is 0 Å². The van der Waals surface area contributed by atoms with E-state index in [9.17, 15) is 31.1 Å².